The number of sulfone groups is 1. The van der Waals surface area contributed by atoms with E-state index in [2.05, 4.69) is 20.9 Å². The first-order chi connectivity index (χ1) is 25.3. The summed E-state index contributed by atoms with van der Waals surface area (Å²) in [6.45, 7) is 0. The SMILES string of the molecule is O=C(Nc1cccc(S(=O)(=O)CCSS(=O)(=O)O)c1)Nc1cc(S(=O)(=O)O)cc2cc(S(=O)(=O)O)c(N=Nc3ccc4ccccc4c3S(=O)(=O)O)c(O)c12.[Na].[Na].[Na].[Na]. The third-order valence-corrected chi connectivity index (χ3v) is 14.0. The molecule has 0 aromatic heterocycles. The molecule has 0 bridgehead atoms. The van der Waals surface area contributed by atoms with Crippen LogP contribution in [0.25, 0.3) is 21.5 Å². The normalized spacial score (nSPS) is 12.1. The van der Waals surface area contributed by atoms with Gasteiger partial charge in [-0.1, -0.05) is 36.4 Å². The minimum absolute atomic E-state index is 0. The Kier molecular flexibility index (Phi) is 20.7. The number of hydrogen-bond acceptors (Lipinski definition) is 15. The number of carbonyl (C=O) groups excluding carboxylic acids is 1. The van der Waals surface area contributed by atoms with Gasteiger partial charge < -0.3 is 15.7 Å². The molecule has 0 atom stereocenters. The molecule has 0 aliphatic rings. The van der Waals surface area contributed by atoms with Gasteiger partial charge in [-0.3, -0.25) is 18.2 Å². The number of amides is 2. The molecule has 5 aromatic rings. The second-order valence-electron chi connectivity index (χ2n) is 11.1. The zero-order valence-corrected chi connectivity index (χ0v) is 43.9. The fourth-order valence-corrected chi connectivity index (χ4v) is 10.6. The first-order valence-electron chi connectivity index (χ1n) is 14.6. The summed E-state index contributed by atoms with van der Waals surface area (Å²) in [6.07, 6.45) is 0. The molecule has 0 heterocycles. The van der Waals surface area contributed by atoms with E-state index in [4.69, 9.17) is 4.55 Å². The Balaban J connectivity index is 0.00000435. The molecular formula is C29H24N4Na4O16S6. The fourth-order valence-electron chi connectivity index (χ4n) is 5.10. The molecule has 296 valence electrons. The van der Waals surface area contributed by atoms with Crippen LogP contribution in [0.4, 0.5) is 27.5 Å². The molecular weight excluding hydrogens is 945 g/mol. The van der Waals surface area contributed by atoms with E-state index in [1.165, 1.54) is 36.4 Å². The van der Waals surface area contributed by atoms with Gasteiger partial charge in [0.05, 0.1) is 21.2 Å². The van der Waals surface area contributed by atoms with E-state index in [1.807, 2.05) is 0 Å². The number of nitrogens with zero attached hydrogens (tertiary/aromatic N) is 2. The van der Waals surface area contributed by atoms with Gasteiger partial charge in [0.25, 0.3) is 30.4 Å². The van der Waals surface area contributed by atoms with E-state index in [9.17, 15) is 65.6 Å². The van der Waals surface area contributed by atoms with Crippen molar-refractivity contribution in [1.82, 2.24) is 0 Å². The number of azo groups is 1. The molecule has 7 N–H and O–H groups in total. The average Bonchev–Trinajstić information content (AvgIpc) is 3.05. The van der Waals surface area contributed by atoms with Crippen molar-refractivity contribution < 1.29 is 70.2 Å². The van der Waals surface area contributed by atoms with Crippen molar-refractivity contribution in [3.8, 4) is 5.75 Å². The predicted octanol–water partition coefficient (Wildman–Crippen LogP) is 3.28. The minimum atomic E-state index is -5.37. The van der Waals surface area contributed by atoms with Gasteiger partial charge in [0.2, 0.25) is 0 Å². The van der Waals surface area contributed by atoms with Crippen molar-refractivity contribution >= 4 is 229 Å². The summed E-state index contributed by atoms with van der Waals surface area (Å²) < 4.78 is 160. The third-order valence-electron chi connectivity index (χ3n) is 7.36. The number of benzene rings is 5. The summed E-state index contributed by atoms with van der Waals surface area (Å²) in [5.74, 6) is -2.45. The van der Waals surface area contributed by atoms with Crippen LogP contribution in [0.3, 0.4) is 0 Å². The number of fused-ring (bicyclic) bond motifs is 2. The number of hydrogen-bond donors (Lipinski definition) is 7. The monoisotopic (exact) mass is 968 g/mol. The Morgan fingerprint density at radius 1 is 0.644 bits per heavy atom. The molecule has 2 amide bonds. The molecule has 0 fully saturated rings. The maximum Gasteiger partial charge on any atom is 0.323 e. The van der Waals surface area contributed by atoms with Crippen molar-refractivity contribution in [2.45, 2.75) is 19.6 Å². The number of phenolic OH excluding ortho intramolecular Hbond substituents is 1. The van der Waals surface area contributed by atoms with Gasteiger partial charge >= 0.3 is 15.2 Å². The van der Waals surface area contributed by atoms with Crippen molar-refractivity contribution in [2.24, 2.45) is 10.2 Å². The molecule has 59 heavy (non-hydrogen) atoms. The van der Waals surface area contributed by atoms with E-state index in [0.29, 0.717) is 23.6 Å². The number of rotatable bonds is 12. The van der Waals surface area contributed by atoms with Gasteiger partial charge in [0, 0.05) is 140 Å². The summed E-state index contributed by atoms with van der Waals surface area (Å²) in [7, 11) is -24.2. The molecule has 5 rings (SSSR count). The van der Waals surface area contributed by atoms with Crippen LogP contribution in [0.5, 0.6) is 5.75 Å². The van der Waals surface area contributed by atoms with E-state index in [-0.39, 0.29) is 145 Å². The van der Waals surface area contributed by atoms with Gasteiger partial charge in [-0.15, -0.1) is 10.2 Å². The molecule has 5 aromatic carbocycles. The Hall–Kier alpha value is -0.770. The molecule has 0 saturated heterocycles. The second kappa shape index (κ2) is 21.7. The average molecular weight is 969 g/mol. The van der Waals surface area contributed by atoms with Crippen LogP contribution in [-0.4, -0.2) is 201 Å². The van der Waals surface area contributed by atoms with Gasteiger partial charge in [-0.25, -0.2) is 13.2 Å². The standard InChI is InChI=1S/C29H24N4O16S6.4Na/c34-27-25-17(13-24(53(41,42)43)26(27)33-32-22-9-8-16-4-1-2-7-21(16)28(22)54(44,45)46)12-20(52(38,39)40)15-23(25)31-29(35)30-18-5-3-6-19(14-18)51(36,37)11-10-50-55(47,48)49;;;;/h1-9,12-15,34H,10-11H2,(H2,30,31,35)(H,38,39,40)(H,41,42,43)(H,44,45,46)(H,47,48,49);;;;. The van der Waals surface area contributed by atoms with Crippen LogP contribution in [0.2, 0.25) is 0 Å². The second-order valence-corrected chi connectivity index (χ2v) is 20.8. The summed E-state index contributed by atoms with van der Waals surface area (Å²) in [5.41, 5.74) is -2.44. The topological polar surface area (TPSA) is 338 Å². The smallest absolute Gasteiger partial charge is 0.323 e. The van der Waals surface area contributed by atoms with Gasteiger partial charge in [0.1, 0.15) is 21.2 Å². The first kappa shape index (κ1) is 56.2. The van der Waals surface area contributed by atoms with Crippen LogP contribution in [-0.2, 0) is 49.3 Å². The minimum Gasteiger partial charge on any atom is -0.505 e. The molecule has 4 radical (unpaired) electrons. The summed E-state index contributed by atoms with van der Waals surface area (Å²) in [4.78, 5) is 9.89. The molecule has 0 saturated carbocycles. The Bertz CT molecular complexity index is 3030. The summed E-state index contributed by atoms with van der Waals surface area (Å²) in [6, 6.07) is 13.5. The Labute approximate surface area is 429 Å². The van der Waals surface area contributed by atoms with Gasteiger partial charge in [-0.05, 0) is 64.0 Å². The largest absolute Gasteiger partial charge is 0.505 e. The van der Waals surface area contributed by atoms with Gasteiger partial charge in [-0.2, -0.15) is 33.7 Å². The number of urea groups is 1. The van der Waals surface area contributed by atoms with Crippen LogP contribution >= 0.6 is 10.8 Å². The van der Waals surface area contributed by atoms with Gasteiger partial charge in [0.15, 0.2) is 15.6 Å². The summed E-state index contributed by atoms with van der Waals surface area (Å²) in [5, 5.41) is 22.4. The van der Waals surface area contributed by atoms with Crippen molar-refractivity contribution in [2.75, 3.05) is 22.1 Å². The Morgan fingerprint density at radius 3 is 1.88 bits per heavy atom. The van der Waals surface area contributed by atoms with Crippen molar-refractivity contribution in [3.63, 3.8) is 0 Å². The third kappa shape index (κ3) is 14.4. The number of nitrogens with one attached hydrogen (secondary N) is 2. The number of carbonyl (C=O) groups is 1. The number of aromatic hydroxyl groups is 1. The van der Waals surface area contributed by atoms with Crippen molar-refractivity contribution in [3.05, 3.63) is 78.9 Å². The molecule has 0 unspecified atom stereocenters. The van der Waals surface area contributed by atoms with E-state index in [0.717, 1.165) is 18.2 Å². The zero-order valence-electron chi connectivity index (χ0n) is 31.0. The number of phenols is 1. The van der Waals surface area contributed by atoms with E-state index >= 15 is 0 Å². The predicted molar refractivity (Wildman–Crippen MR) is 221 cm³/mol. The fraction of sp³-hybridized carbons (Fsp3) is 0.0690. The van der Waals surface area contributed by atoms with Crippen LogP contribution in [0, 0.1) is 0 Å². The van der Waals surface area contributed by atoms with Crippen LogP contribution < -0.4 is 10.6 Å². The van der Waals surface area contributed by atoms with Crippen molar-refractivity contribution in [1.29, 1.82) is 0 Å². The van der Waals surface area contributed by atoms with E-state index < -0.39 is 115 Å². The first-order valence-corrected chi connectivity index (χ1v) is 23.5. The quantitative estimate of drug-likeness (QED) is 0.0408. The maximum atomic E-state index is 13.2. The van der Waals surface area contributed by atoms with E-state index in [1.54, 1.807) is 6.07 Å². The molecule has 0 spiro atoms. The van der Waals surface area contributed by atoms with Crippen LogP contribution in [0.15, 0.2) is 109 Å². The molecule has 0 aliphatic carbocycles. The Morgan fingerprint density at radius 2 is 1.29 bits per heavy atom. The zero-order chi connectivity index (χ0) is 40.7. The maximum absolute atomic E-state index is 13.2. The van der Waals surface area contributed by atoms with Crippen LogP contribution in [0.1, 0.15) is 0 Å². The summed E-state index contributed by atoms with van der Waals surface area (Å²) >= 11 is 0. The molecule has 20 nitrogen and oxygen atoms in total. The molecule has 30 heteroatoms. The number of anilines is 2. The molecule has 0 aliphatic heterocycles.